The molecule has 0 saturated heterocycles. The molecule has 1 heterocycles. The van der Waals surface area contributed by atoms with Crippen molar-refractivity contribution in [2.45, 2.75) is 12.8 Å². The summed E-state index contributed by atoms with van der Waals surface area (Å²) in [5, 5.41) is 2.87. The normalized spacial score (nSPS) is 12.6. The van der Waals surface area contributed by atoms with Crippen molar-refractivity contribution in [3.8, 4) is 17.2 Å². The van der Waals surface area contributed by atoms with Crippen molar-refractivity contribution in [1.82, 2.24) is 0 Å². The van der Waals surface area contributed by atoms with Crippen LogP contribution in [0.15, 0.2) is 42.5 Å². The summed E-state index contributed by atoms with van der Waals surface area (Å²) >= 11 is 0. The van der Waals surface area contributed by atoms with Crippen molar-refractivity contribution in [3.05, 3.63) is 48.0 Å². The molecule has 1 amide bonds. The highest BCUT2D eigenvalue weighted by Gasteiger charge is 2.12. The zero-order valence-electron chi connectivity index (χ0n) is 13.0. The number of fused-ring (bicyclic) bond motifs is 1. The van der Waals surface area contributed by atoms with Gasteiger partial charge in [0.1, 0.15) is 19.0 Å². The molecule has 0 aliphatic carbocycles. The minimum Gasteiger partial charge on any atom is -0.495 e. The van der Waals surface area contributed by atoms with Gasteiger partial charge in [-0.1, -0.05) is 18.2 Å². The maximum Gasteiger partial charge on any atom is 0.224 e. The molecule has 1 N–H and O–H groups in total. The molecule has 0 spiro atoms. The number of carbonyl (C=O) groups is 1. The minimum absolute atomic E-state index is 0.0515. The van der Waals surface area contributed by atoms with Crippen LogP contribution in [0.5, 0.6) is 17.2 Å². The second-order valence-electron chi connectivity index (χ2n) is 5.23. The molecule has 0 radical (unpaired) electrons. The predicted octanol–water partition coefficient (Wildman–Crippen LogP) is 3.04. The topological polar surface area (TPSA) is 56.8 Å². The number of methoxy groups -OCH3 is 1. The summed E-state index contributed by atoms with van der Waals surface area (Å²) in [6.07, 6.45) is 1.02. The number of carbonyl (C=O) groups excluding carboxylic acids is 1. The van der Waals surface area contributed by atoms with Crippen LogP contribution in [0.4, 0.5) is 5.69 Å². The minimum atomic E-state index is -0.0515. The molecule has 0 aromatic heterocycles. The number of anilines is 1. The highest BCUT2D eigenvalue weighted by atomic mass is 16.6. The Kier molecular flexibility index (Phi) is 4.66. The van der Waals surface area contributed by atoms with E-state index in [4.69, 9.17) is 14.2 Å². The van der Waals surface area contributed by atoms with Gasteiger partial charge in [0.25, 0.3) is 0 Å². The molecule has 120 valence electrons. The highest BCUT2D eigenvalue weighted by Crippen LogP contribution is 2.31. The third-order valence-corrected chi connectivity index (χ3v) is 3.63. The van der Waals surface area contributed by atoms with E-state index in [1.54, 1.807) is 7.11 Å². The molecule has 1 aliphatic heterocycles. The number of para-hydroxylation sites is 2. The van der Waals surface area contributed by atoms with Gasteiger partial charge < -0.3 is 19.5 Å². The fourth-order valence-electron chi connectivity index (χ4n) is 2.46. The first-order valence-corrected chi connectivity index (χ1v) is 7.57. The molecule has 0 bridgehead atoms. The summed E-state index contributed by atoms with van der Waals surface area (Å²) in [6.45, 7) is 1.14. The van der Waals surface area contributed by atoms with Gasteiger partial charge in [-0.3, -0.25) is 4.79 Å². The van der Waals surface area contributed by atoms with Crippen molar-refractivity contribution in [3.63, 3.8) is 0 Å². The molecule has 1 aliphatic rings. The van der Waals surface area contributed by atoms with Gasteiger partial charge in [-0.05, 0) is 36.2 Å². The van der Waals surface area contributed by atoms with E-state index in [9.17, 15) is 4.79 Å². The summed E-state index contributed by atoms with van der Waals surface area (Å²) in [7, 11) is 1.58. The summed E-state index contributed by atoms with van der Waals surface area (Å²) in [4.78, 5) is 12.1. The Bertz CT molecular complexity index is 699. The number of benzene rings is 2. The van der Waals surface area contributed by atoms with Gasteiger partial charge in [0.05, 0.1) is 12.8 Å². The zero-order chi connectivity index (χ0) is 16.1. The van der Waals surface area contributed by atoms with E-state index in [-0.39, 0.29) is 5.91 Å². The summed E-state index contributed by atoms with van der Waals surface area (Å²) < 4.78 is 16.3. The highest BCUT2D eigenvalue weighted by molar-refractivity contribution is 5.92. The monoisotopic (exact) mass is 313 g/mol. The molecule has 0 atom stereocenters. The quantitative estimate of drug-likeness (QED) is 0.922. The van der Waals surface area contributed by atoms with Crippen molar-refractivity contribution < 1.29 is 19.0 Å². The largest absolute Gasteiger partial charge is 0.495 e. The molecule has 5 nitrogen and oxygen atoms in total. The van der Waals surface area contributed by atoms with E-state index in [0.29, 0.717) is 37.5 Å². The molecule has 2 aromatic rings. The molecule has 5 heteroatoms. The third-order valence-electron chi connectivity index (χ3n) is 3.63. The van der Waals surface area contributed by atoms with Crippen LogP contribution in [0.2, 0.25) is 0 Å². The number of nitrogens with one attached hydrogen (secondary N) is 1. The first-order valence-electron chi connectivity index (χ1n) is 7.57. The van der Waals surface area contributed by atoms with Crippen molar-refractivity contribution in [1.29, 1.82) is 0 Å². The number of rotatable bonds is 5. The number of ether oxygens (including phenoxy) is 3. The van der Waals surface area contributed by atoms with Crippen LogP contribution in [0.3, 0.4) is 0 Å². The van der Waals surface area contributed by atoms with Crippen molar-refractivity contribution in [2.24, 2.45) is 0 Å². The Morgan fingerprint density at radius 3 is 2.74 bits per heavy atom. The van der Waals surface area contributed by atoms with E-state index in [0.717, 1.165) is 17.1 Å². The number of aryl methyl sites for hydroxylation is 1. The lowest BCUT2D eigenvalue weighted by atomic mass is 10.1. The Morgan fingerprint density at radius 1 is 1.13 bits per heavy atom. The zero-order valence-corrected chi connectivity index (χ0v) is 13.0. The number of hydrogen-bond donors (Lipinski definition) is 1. The maximum atomic E-state index is 12.1. The first-order chi connectivity index (χ1) is 11.3. The van der Waals surface area contributed by atoms with Crippen molar-refractivity contribution >= 4 is 11.6 Å². The van der Waals surface area contributed by atoms with E-state index >= 15 is 0 Å². The summed E-state index contributed by atoms with van der Waals surface area (Å²) in [6, 6.07) is 13.1. The fourth-order valence-corrected chi connectivity index (χ4v) is 2.46. The van der Waals surface area contributed by atoms with Gasteiger partial charge in [0.15, 0.2) is 11.5 Å². The molecule has 0 fully saturated rings. The average molecular weight is 313 g/mol. The summed E-state index contributed by atoms with van der Waals surface area (Å²) in [5.74, 6) is 2.11. The van der Waals surface area contributed by atoms with Gasteiger partial charge in [-0.25, -0.2) is 0 Å². The average Bonchev–Trinajstić information content (AvgIpc) is 2.60. The van der Waals surface area contributed by atoms with Gasteiger partial charge in [-0.15, -0.1) is 0 Å². The van der Waals surface area contributed by atoms with Crippen LogP contribution in [0.25, 0.3) is 0 Å². The molecule has 2 aromatic carbocycles. The Hall–Kier alpha value is -2.69. The Morgan fingerprint density at radius 2 is 1.91 bits per heavy atom. The predicted molar refractivity (Wildman–Crippen MR) is 87.4 cm³/mol. The van der Waals surface area contributed by atoms with Crippen LogP contribution in [-0.2, 0) is 11.2 Å². The molecule has 23 heavy (non-hydrogen) atoms. The van der Waals surface area contributed by atoms with E-state index in [1.165, 1.54) is 0 Å². The van der Waals surface area contributed by atoms with Gasteiger partial charge in [0, 0.05) is 6.42 Å². The van der Waals surface area contributed by atoms with Crippen LogP contribution in [-0.4, -0.2) is 26.2 Å². The van der Waals surface area contributed by atoms with E-state index in [2.05, 4.69) is 5.32 Å². The second kappa shape index (κ2) is 7.05. The van der Waals surface area contributed by atoms with Crippen LogP contribution in [0.1, 0.15) is 12.0 Å². The third kappa shape index (κ3) is 3.74. The van der Waals surface area contributed by atoms with Gasteiger partial charge >= 0.3 is 0 Å². The number of hydrogen-bond acceptors (Lipinski definition) is 4. The lowest BCUT2D eigenvalue weighted by Crippen LogP contribution is -2.16. The Balaban J connectivity index is 1.58. The number of amides is 1. The SMILES string of the molecule is COc1ccccc1NC(=O)CCc1ccc2c(c1)OCCO2. The first kappa shape index (κ1) is 15.2. The van der Waals surface area contributed by atoms with Gasteiger partial charge in [-0.2, -0.15) is 0 Å². The fraction of sp³-hybridized carbons (Fsp3) is 0.278. The summed E-state index contributed by atoms with van der Waals surface area (Å²) in [5.41, 5.74) is 1.73. The smallest absolute Gasteiger partial charge is 0.224 e. The molecule has 0 saturated carbocycles. The maximum absolute atomic E-state index is 12.1. The van der Waals surface area contributed by atoms with Gasteiger partial charge in [0.2, 0.25) is 5.91 Å². The van der Waals surface area contributed by atoms with E-state index < -0.39 is 0 Å². The molecule has 0 unspecified atom stereocenters. The molecular formula is C18H19NO4. The molecule has 3 rings (SSSR count). The van der Waals surface area contributed by atoms with Crippen LogP contribution in [0, 0.1) is 0 Å². The Labute approximate surface area is 135 Å². The second-order valence-corrected chi connectivity index (χ2v) is 5.23. The van der Waals surface area contributed by atoms with Crippen LogP contribution >= 0.6 is 0 Å². The van der Waals surface area contributed by atoms with Crippen molar-refractivity contribution in [2.75, 3.05) is 25.6 Å². The lowest BCUT2D eigenvalue weighted by molar-refractivity contribution is -0.116. The van der Waals surface area contributed by atoms with E-state index in [1.807, 2.05) is 42.5 Å². The lowest BCUT2D eigenvalue weighted by Gasteiger charge is -2.18. The van der Waals surface area contributed by atoms with Crippen LogP contribution < -0.4 is 19.5 Å². The standard InChI is InChI=1S/C18H19NO4/c1-21-15-5-3-2-4-14(15)19-18(20)9-7-13-6-8-16-17(12-13)23-11-10-22-16/h2-6,8,12H,7,9-11H2,1H3,(H,19,20). The molecular weight excluding hydrogens is 294 g/mol.